The van der Waals surface area contributed by atoms with Crippen molar-refractivity contribution in [3.05, 3.63) is 41.5 Å². The van der Waals surface area contributed by atoms with E-state index in [9.17, 15) is 4.79 Å². The Kier molecular flexibility index (Phi) is 5.03. The van der Waals surface area contributed by atoms with Crippen LogP contribution >= 0.6 is 0 Å². The van der Waals surface area contributed by atoms with Gasteiger partial charge in [-0.05, 0) is 26.3 Å². The number of ether oxygens (including phenoxy) is 1. The summed E-state index contributed by atoms with van der Waals surface area (Å²) in [4.78, 5) is 11.4. The molecular formula is C15H16O2. The number of hydrogen-bond acceptors (Lipinski definition) is 2. The molecule has 17 heavy (non-hydrogen) atoms. The molecular weight excluding hydrogens is 212 g/mol. The third kappa shape index (κ3) is 4.16. The highest BCUT2D eigenvalue weighted by Gasteiger charge is 2.02. The lowest BCUT2D eigenvalue weighted by Gasteiger charge is -2.02. The molecule has 0 unspecified atom stereocenters. The topological polar surface area (TPSA) is 26.3 Å². The molecule has 0 spiro atoms. The fourth-order valence-electron chi connectivity index (χ4n) is 1.36. The largest absolute Gasteiger partial charge is 0.463 e. The number of benzene rings is 1. The van der Waals surface area contributed by atoms with Crippen molar-refractivity contribution >= 4 is 11.5 Å². The fraction of sp³-hybridized carbons (Fsp3) is 0.267. The molecule has 0 aromatic heterocycles. The van der Waals surface area contributed by atoms with Gasteiger partial charge in [0, 0.05) is 11.6 Å². The van der Waals surface area contributed by atoms with Crippen LogP contribution in [0.1, 0.15) is 25.0 Å². The number of carbonyl (C=O) groups is 1. The van der Waals surface area contributed by atoms with Crippen molar-refractivity contribution in [2.45, 2.75) is 20.8 Å². The maximum Gasteiger partial charge on any atom is 0.332 e. The molecule has 2 nitrogen and oxygen atoms in total. The van der Waals surface area contributed by atoms with Gasteiger partial charge in [0.25, 0.3) is 0 Å². The van der Waals surface area contributed by atoms with Crippen LogP contribution in [0, 0.1) is 18.8 Å². The number of carbonyl (C=O) groups excluding carboxylic acids is 1. The molecule has 0 aliphatic heterocycles. The van der Waals surface area contributed by atoms with Crippen molar-refractivity contribution < 1.29 is 9.53 Å². The van der Waals surface area contributed by atoms with Crippen molar-refractivity contribution in [3.8, 4) is 11.8 Å². The SMILES string of the molecule is CC#C/C(=C\C(=O)OCC)c1ccc(C)cc1. The summed E-state index contributed by atoms with van der Waals surface area (Å²) < 4.78 is 4.88. The van der Waals surface area contributed by atoms with E-state index in [4.69, 9.17) is 4.74 Å². The van der Waals surface area contributed by atoms with Crippen LogP contribution in [0.5, 0.6) is 0 Å². The summed E-state index contributed by atoms with van der Waals surface area (Å²) in [6, 6.07) is 7.88. The molecule has 0 amide bonds. The first-order valence-electron chi connectivity index (χ1n) is 5.55. The van der Waals surface area contributed by atoms with E-state index in [0.29, 0.717) is 12.2 Å². The van der Waals surface area contributed by atoms with Gasteiger partial charge in [0.15, 0.2) is 0 Å². The van der Waals surface area contributed by atoms with Gasteiger partial charge in [0.2, 0.25) is 0 Å². The summed E-state index contributed by atoms with van der Waals surface area (Å²) in [7, 11) is 0. The zero-order chi connectivity index (χ0) is 12.7. The monoisotopic (exact) mass is 228 g/mol. The summed E-state index contributed by atoms with van der Waals surface area (Å²) in [6.07, 6.45) is 1.44. The standard InChI is InChI=1S/C15H16O2/c1-4-6-14(11-15(16)17-5-2)13-9-7-12(3)8-10-13/h7-11H,5H2,1-3H3/b14-11+. The van der Waals surface area contributed by atoms with Crippen molar-refractivity contribution in [2.75, 3.05) is 6.61 Å². The van der Waals surface area contributed by atoms with Crippen LogP contribution < -0.4 is 0 Å². The zero-order valence-corrected chi connectivity index (χ0v) is 10.4. The molecule has 2 heteroatoms. The van der Waals surface area contributed by atoms with Crippen molar-refractivity contribution in [1.29, 1.82) is 0 Å². The Bertz CT molecular complexity index is 470. The van der Waals surface area contributed by atoms with Gasteiger partial charge >= 0.3 is 5.97 Å². The third-order valence-electron chi connectivity index (χ3n) is 2.17. The molecule has 0 aliphatic carbocycles. The van der Waals surface area contributed by atoms with E-state index < -0.39 is 0 Å². The maximum absolute atomic E-state index is 11.4. The van der Waals surface area contributed by atoms with Crippen LogP contribution in [0.2, 0.25) is 0 Å². The Labute approximate surface area is 102 Å². The summed E-state index contributed by atoms with van der Waals surface area (Å²) in [5, 5.41) is 0. The molecule has 1 aromatic rings. The Hall–Kier alpha value is -2.01. The first-order valence-corrected chi connectivity index (χ1v) is 5.55. The number of allylic oxidation sites excluding steroid dienone is 1. The second kappa shape index (κ2) is 6.55. The highest BCUT2D eigenvalue weighted by atomic mass is 16.5. The van der Waals surface area contributed by atoms with E-state index in [-0.39, 0.29) is 5.97 Å². The molecule has 0 radical (unpaired) electrons. The van der Waals surface area contributed by atoms with Crippen LogP contribution in [0.15, 0.2) is 30.3 Å². The number of hydrogen-bond donors (Lipinski definition) is 0. The summed E-state index contributed by atoms with van der Waals surface area (Å²) in [6.45, 7) is 5.91. The summed E-state index contributed by atoms with van der Waals surface area (Å²) in [5.41, 5.74) is 2.79. The lowest BCUT2D eigenvalue weighted by molar-refractivity contribution is -0.137. The minimum Gasteiger partial charge on any atom is -0.463 e. The molecule has 0 fully saturated rings. The highest BCUT2D eigenvalue weighted by molar-refractivity contribution is 5.96. The molecule has 1 aromatic carbocycles. The average Bonchev–Trinajstić information content (AvgIpc) is 2.30. The lowest BCUT2D eigenvalue weighted by atomic mass is 10.0. The summed E-state index contributed by atoms with van der Waals surface area (Å²) in [5.74, 6) is 5.36. The van der Waals surface area contributed by atoms with Crippen molar-refractivity contribution in [3.63, 3.8) is 0 Å². The predicted octanol–water partition coefficient (Wildman–Crippen LogP) is 2.96. The van der Waals surface area contributed by atoms with Gasteiger partial charge in [-0.2, -0.15) is 0 Å². The molecule has 0 aliphatic rings. The molecule has 0 saturated heterocycles. The Morgan fingerprint density at radius 1 is 1.35 bits per heavy atom. The molecule has 0 heterocycles. The average molecular weight is 228 g/mol. The molecule has 0 N–H and O–H groups in total. The fourth-order valence-corrected chi connectivity index (χ4v) is 1.36. The van der Waals surface area contributed by atoms with E-state index in [1.807, 2.05) is 31.2 Å². The first kappa shape index (κ1) is 13.1. The number of aryl methyl sites for hydroxylation is 1. The molecule has 0 atom stereocenters. The Morgan fingerprint density at radius 3 is 2.53 bits per heavy atom. The molecule has 0 bridgehead atoms. The smallest absolute Gasteiger partial charge is 0.332 e. The van der Waals surface area contributed by atoms with E-state index in [1.165, 1.54) is 11.6 Å². The maximum atomic E-state index is 11.4. The van der Waals surface area contributed by atoms with Gasteiger partial charge in [0.1, 0.15) is 0 Å². The number of esters is 1. The van der Waals surface area contributed by atoms with Crippen molar-refractivity contribution in [1.82, 2.24) is 0 Å². The van der Waals surface area contributed by atoms with Gasteiger partial charge in [-0.25, -0.2) is 4.79 Å². The van der Waals surface area contributed by atoms with Crippen LogP contribution in [0.25, 0.3) is 5.57 Å². The van der Waals surface area contributed by atoms with E-state index >= 15 is 0 Å². The number of rotatable bonds is 3. The second-order valence-electron chi connectivity index (χ2n) is 3.55. The van der Waals surface area contributed by atoms with Crippen molar-refractivity contribution in [2.24, 2.45) is 0 Å². The van der Waals surface area contributed by atoms with Gasteiger partial charge < -0.3 is 4.74 Å². The summed E-state index contributed by atoms with van der Waals surface area (Å²) >= 11 is 0. The minimum atomic E-state index is -0.356. The molecule has 1 rings (SSSR count). The first-order chi connectivity index (χ1) is 8.17. The Balaban J connectivity index is 3.03. The minimum absolute atomic E-state index is 0.356. The molecule has 0 saturated carbocycles. The van der Waals surface area contributed by atoms with Crippen LogP contribution in [0.4, 0.5) is 0 Å². The van der Waals surface area contributed by atoms with Crippen LogP contribution in [-0.4, -0.2) is 12.6 Å². The van der Waals surface area contributed by atoms with Gasteiger partial charge in [0.05, 0.1) is 6.61 Å². The zero-order valence-electron chi connectivity index (χ0n) is 10.4. The lowest BCUT2D eigenvalue weighted by Crippen LogP contribution is -2.00. The highest BCUT2D eigenvalue weighted by Crippen LogP contribution is 2.14. The van der Waals surface area contributed by atoms with Crippen LogP contribution in [0.3, 0.4) is 0 Å². The second-order valence-corrected chi connectivity index (χ2v) is 3.55. The van der Waals surface area contributed by atoms with Gasteiger partial charge in [-0.1, -0.05) is 35.7 Å². The predicted molar refractivity (Wildman–Crippen MR) is 69.2 cm³/mol. The normalized spacial score (nSPS) is 10.4. The van der Waals surface area contributed by atoms with E-state index in [2.05, 4.69) is 11.8 Å². The third-order valence-corrected chi connectivity index (χ3v) is 2.17. The van der Waals surface area contributed by atoms with E-state index in [0.717, 1.165) is 5.56 Å². The Morgan fingerprint density at radius 2 is 2.00 bits per heavy atom. The van der Waals surface area contributed by atoms with E-state index in [1.54, 1.807) is 13.8 Å². The van der Waals surface area contributed by atoms with Gasteiger partial charge in [-0.15, -0.1) is 5.92 Å². The van der Waals surface area contributed by atoms with Gasteiger partial charge in [-0.3, -0.25) is 0 Å². The van der Waals surface area contributed by atoms with Crippen LogP contribution in [-0.2, 0) is 9.53 Å². The molecule has 88 valence electrons. The quantitative estimate of drug-likeness (QED) is 0.451.